The van der Waals surface area contributed by atoms with E-state index in [-0.39, 0.29) is 0 Å². The zero-order valence-corrected chi connectivity index (χ0v) is 18.6. The molecule has 0 saturated carbocycles. The van der Waals surface area contributed by atoms with E-state index in [9.17, 15) is 5.11 Å². The second-order valence-electron chi connectivity index (χ2n) is 8.69. The predicted molar refractivity (Wildman–Crippen MR) is 141 cm³/mol. The first-order valence-electron chi connectivity index (χ1n) is 11.2. The van der Waals surface area contributed by atoms with Crippen molar-refractivity contribution < 1.29 is 13.9 Å². The smallest absolute Gasteiger partial charge is 0.136 e. The monoisotopic (exact) mass is 456 g/mol. The molecular formula is C30H16O3S. The number of rotatable bonds is 1. The Bertz CT molecular complexity index is 2090. The zero-order valence-electron chi connectivity index (χ0n) is 17.8. The first-order chi connectivity index (χ1) is 16.7. The quantitative estimate of drug-likeness (QED) is 0.268. The van der Waals surface area contributed by atoms with Crippen molar-refractivity contribution in [3.63, 3.8) is 0 Å². The summed E-state index contributed by atoms with van der Waals surface area (Å²) in [6.07, 6.45) is 0. The van der Waals surface area contributed by atoms with E-state index >= 15 is 0 Å². The van der Waals surface area contributed by atoms with Crippen LogP contribution in [0, 0.1) is 0 Å². The van der Waals surface area contributed by atoms with E-state index in [1.807, 2.05) is 54.6 Å². The van der Waals surface area contributed by atoms with E-state index in [1.54, 1.807) is 11.3 Å². The lowest BCUT2D eigenvalue weighted by Gasteiger charge is -2.05. The lowest BCUT2D eigenvalue weighted by atomic mass is 9.99. The summed E-state index contributed by atoms with van der Waals surface area (Å²) >= 11 is 1.71. The molecule has 3 aromatic heterocycles. The molecule has 8 rings (SSSR count). The number of phenolic OH excluding ortho intramolecular Hbond substituents is 1. The number of thiophene rings is 1. The highest BCUT2D eigenvalue weighted by Gasteiger charge is 2.17. The van der Waals surface area contributed by atoms with Crippen molar-refractivity contribution in [2.75, 3.05) is 0 Å². The van der Waals surface area contributed by atoms with Crippen LogP contribution in [0.1, 0.15) is 0 Å². The normalized spacial score (nSPS) is 12.2. The van der Waals surface area contributed by atoms with Gasteiger partial charge >= 0.3 is 0 Å². The molecule has 0 spiro atoms. The SMILES string of the molecule is Oc1cc(-c2ccc3oc4ccc5oc6ccccc6c5c4c3c2)cc2sc3ccccc3c12. The van der Waals surface area contributed by atoms with Gasteiger partial charge in [0.1, 0.15) is 28.1 Å². The van der Waals surface area contributed by atoms with Crippen molar-refractivity contribution in [2.45, 2.75) is 0 Å². The van der Waals surface area contributed by atoms with Gasteiger partial charge in [0.15, 0.2) is 0 Å². The number of hydrogen-bond donors (Lipinski definition) is 1. The van der Waals surface area contributed by atoms with Crippen LogP contribution >= 0.6 is 11.3 Å². The van der Waals surface area contributed by atoms with Gasteiger partial charge < -0.3 is 13.9 Å². The summed E-state index contributed by atoms with van der Waals surface area (Å²) in [5.41, 5.74) is 5.42. The zero-order chi connectivity index (χ0) is 22.4. The van der Waals surface area contributed by atoms with Gasteiger partial charge in [-0.2, -0.15) is 0 Å². The van der Waals surface area contributed by atoms with Crippen LogP contribution in [0.4, 0.5) is 0 Å². The van der Waals surface area contributed by atoms with Crippen molar-refractivity contribution in [1.82, 2.24) is 0 Å². The van der Waals surface area contributed by atoms with E-state index in [1.165, 1.54) is 4.70 Å². The molecule has 34 heavy (non-hydrogen) atoms. The predicted octanol–water partition coefficient (Wildman–Crippen LogP) is 9.23. The van der Waals surface area contributed by atoms with Crippen LogP contribution in [-0.2, 0) is 0 Å². The fourth-order valence-corrected chi connectivity index (χ4v) is 6.43. The maximum Gasteiger partial charge on any atom is 0.136 e. The number of phenols is 1. The third-order valence-electron chi connectivity index (χ3n) is 6.77. The van der Waals surface area contributed by atoms with Crippen LogP contribution in [0.5, 0.6) is 5.75 Å². The molecule has 8 aromatic rings. The first-order valence-corrected chi connectivity index (χ1v) is 12.0. The molecule has 0 bridgehead atoms. The van der Waals surface area contributed by atoms with Gasteiger partial charge in [0.25, 0.3) is 0 Å². The highest BCUT2D eigenvalue weighted by atomic mass is 32.1. The number of aromatic hydroxyl groups is 1. The molecule has 5 aromatic carbocycles. The fourth-order valence-electron chi connectivity index (χ4n) is 5.26. The Balaban J connectivity index is 1.43. The molecule has 3 heterocycles. The van der Waals surface area contributed by atoms with Gasteiger partial charge in [0.05, 0.1) is 0 Å². The maximum atomic E-state index is 11.0. The number of fused-ring (bicyclic) bond motifs is 10. The standard InChI is InChI=1S/C30H16O3S/c31-21-14-17(15-27-28(21)19-6-2-4-8-26(19)34-27)16-9-10-23-20(13-16)30-25(33-23)12-11-24-29(30)18-5-1-3-7-22(18)32-24/h1-15,31H. The van der Waals surface area contributed by atoms with E-state index in [2.05, 4.69) is 36.4 Å². The van der Waals surface area contributed by atoms with E-state index in [0.29, 0.717) is 5.75 Å². The molecular weight excluding hydrogens is 440 g/mol. The second-order valence-corrected chi connectivity index (χ2v) is 9.77. The van der Waals surface area contributed by atoms with E-state index in [0.717, 1.165) is 70.5 Å². The molecule has 1 N–H and O–H groups in total. The minimum absolute atomic E-state index is 0.310. The number of benzene rings is 5. The van der Waals surface area contributed by atoms with Crippen molar-refractivity contribution in [1.29, 1.82) is 0 Å². The first kappa shape index (κ1) is 18.2. The van der Waals surface area contributed by atoms with Crippen molar-refractivity contribution >= 4 is 75.4 Å². The fraction of sp³-hybridized carbons (Fsp3) is 0. The molecule has 0 atom stereocenters. The summed E-state index contributed by atoms with van der Waals surface area (Å²) in [7, 11) is 0. The Morgan fingerprint density at radius 1 is 0.500 bits per heavy atom. The molecule has 0 aliphatic heterocycles. The highest BCUT2D eigenvalue weighted by Crippen LogP contribution is 2.44. The maximum absolute atomic E-state index is 11.0. The van der Waals surface area contributed by atoms with Gasteiger partial charge in [-0.3, -0.25) is 0 Å². The summed E-state index contributed by atoms with van der Waals surface area (Å²) < 4.78 is 14.6. The molecule has 160 valence electrons. The molecule has 0 unspecified atom stereocenters. The summed E-state index contributed by atoms with van der Waals surface area (Å²) in [6.45, 7) is 0. The van der Waals surface area contributed by atoms with Gasteiger partial charge in [0.2, 0.25) is 0 Å². The van der Waals surface area contributed by atoms with Crippen LogP contribution in [0.15, 0.2) is 99.8 Å². The average Bonchev–Trinajstić information content (AvgIpc) is 3.53. The van der Waals surface area contributed by atoms with Crippen LogP contribution in [0.2, 0.25) is 0 Å². The Kier molecular flexibility index (Phi) is 3.42. The largest absolute Gasteiger partial charge is 0.507 e. The molecule has 0 fully saturated rings. The number of furan rings is 2. The highest BCUT2D eigenvalue weighted by molar-refractivity contribution is 7.25. The van der Waals surface area contributed by atoms with Crippen LogP contribution in [-0.4, -0.2) is 5.11 Å². The van der Waals surface area contributed by atoms with Gasteiger partial charge in [-0.25, -0.2) is 0 Å². The van der Waals surface area contributed by atoms with Gasteiger partial charge in [-0.05, 0) is 59.7 Å². The molecule has 0 aliphatic carbocycles. The Morgan fingerprint density at radius 3 is 2.03 bits per heavy atom. The average molecular weight is 457 g/mol. The molecule has 0 radical (unpaired) electrons. The van der Waals surface area contributed by atoms with Gasteiger partial charge in [-0.1, -0.05) is 42.5 Å². The third kappa shape index (κ3) is 2.35. The molecule has 0 amide bonds. The van der Waals surface area contributed by atoms with Crippen LogP contribution in [0.25, 0.3) is 75.2 Å². The summed E-state index contributed by atoms with van der Waals surface area (Å²) in [5, 5.41) is 17.2. The summed E-state index contributed by atoms with van der Waals surface area (Å²) in [4.78, 5) is 0. The minimum atomic E-state index is 0.310. The molecule has 3 nitrogen and oxygen atoms in total. The molecule has 0 aliphatic rings. The lowest BCUT2D eigenvalue weighted by Crippen LogP contribution is -1.79. The topological polar surface area (TPSA) is 46.5 Å². The third-order valence-corrected chi connectivity index (χ3v) is 7.88. The van der Waals surface area contributed by atoms with E-state index in [4.69, 9.17) is 8.83 Å². The molecule has 4 heteroatoms. The Hall–Kier alpha value is -4.28. The lowest BCUT2D eigenvalue weighted by molar-refractivity contribution is 0.482. The number of para-hydroxylation sites is 1. The Morgan fingerprint density at radius 2 is 1.18 bits per heavy atom. The van der Waals surface area contributed by atoms with E-state index < -0.39 is 0 Å². The van der Waals surface area contributed by atoms with Crippen LogP contribution in [0.3, 0.4) is 0 Å². The van der Waals surface area contributed by atoms with Gasteiger partial charge in [0, 0.05) is 41.7 Å². The summed E-state index contributed by atoms with van der Waals surface area (Å²) in [6, 6.07) is 30.6. The number of hydrogen-bond acceptors (Lipinski definition) is 4. The van der Waals surface area contributed by atoms with Crippen molar-refractivity contribution in [3.05, 3.63) is 91.0 Å². The van der Waals surface area contributed by atoms with Crippen molar-refractivity contribution in [2.24, 2.45) is 0 Å². The second kappa shape index (κ2) is 6.40. The molecule has 0 saturated heterocycles. The van der Waals surface area contributed by atoms with Crippen LogP contribution < -0.4 is 0 Å². The minimum Gasteiger partial charge on any atom is -0.507 e. The summed E-state index contributed by atoms with van der Waals surface area (Å²) in [5.74, 6) is 0.310. The Labute approximate surface area is 197 Å². The van der Waals surface area contributed by atoms with Crippen molar-refractivity contribution in [3.8, 4) is 16.9 Å². The van der Waals surface area contributed by atoms with Gasteiger partial charge in [-0.15, -0.1) is 11.3 Å².